The lowest BCUT2D eigenvalue weighted by atomic mass is 9.95. The zero-order chi connectivity index (χ0) is 10.0. The Morgan fingerprint density at radius 1 is 1.31 bits per heavy atom. The summed E-state index contributed by atoms with van der Waals surface area (Å²) in [7, 11) is 0. The van der Waals surface area contributed by atoms with E-state index in [1.54, 1.807) is 19.9 Å². The molecule has 0 fully saturated rings. The van der Waals surface area contributed by atoms with Crippen molar-refractivity contribution in [2.24, 2.45) is 0 Å². The summed E-state index contributed by atoms with van der Waals surface area (Å²) in [6, 6.07) is 5.09. The van der Waals surface area contributed by atoms with Gasteiger partial charge in [0.25, 0.3) is 0 Å². The van der Waals surface area contributed by atoms with E-state index in [9.17, 15) is 9.50 Å². The van der Waals surface area contributed by atoms with Crippen molar-refractivity contribution < 1.29 is 9.50 Å². The molecule has 0 aliphatic carbocycles. The molecule has 0 radical (unpaired) electrons. The largest absolute Gasteiger partial charge is 0.393 e. The van der Waals surface area contributed by atoms with Crippen LogP contribution in [0.4, 0.5) is 4.39 Å². The van der Waals surface area contributed by atoms with Crippen LogP contribution in [-0.2, 0) is 0 Å². The smallest absolute Gasteiger partial charge is 0.126 e. The third-order valence-corrected chi connectivity index (χ3v) is 2.45. The van der Waals surface area contributed by atoms with Crippen molar-refractivity contribution in [3.8, 4) is 0 Å². The van der Waals surface area contributed by atoms with Crippen molar-refractivity contribution in [3.63, 3.8) is 0 Å². The minimum atomic E-state index is -0.442. The molecule has 1 aromatic carbocycles. The third kappa shape index (κ3) is 2.28. The van der Waals surface area contributed by atoms with Gasteiger partial charge < -0.3 is 5.11 Å². The van der Waals surface area contributed by atoms with Gasteiger partial charge >= 0.3 is 0 Å². The highest BCUT2D eigenvalue weighted by molar-refractivity contribution is 5.26. The number of benzene rings is 1. The second-order valence-electron chi connectivity index (χ2n) is 3.54. The van der Waals surface area contributed by atoms with E-state index in [0.29, 0.717) is 5.56 Å². The Balaban J connectivity index is 2.97. The number of aryl methyl sites for hydroxylation is 1. The maximum atomic E-state index is 13.1. The summed E-state index contributed by atoms with van der Waals surface area (Å²) in [6.45, 7) is 5.32. The molecule has 0 bridgehead atoms. The van der Waals surface area contributed by atoms with Crippen LogP contribution in [0.25, 0.3) is 0 Å². The van der Waals surface area contributed by atoms with E-state index in [1.807, 2.05) is 13.0 Å². The lowest BCUT2D eigenvalue weighted by Gasteiger charge is -2.15. The van der Waals surface area contributed by atoms with Crippen molar-refractivity contribution in [2.45, 2.75) is 32.8 Å². The molecule has 2 heteroatoms. The van der Waals surface area contributed by atoms with Gasteiger partial charge in [-0.25, -0.2) is 4.39 Å². The monoisotopic (exact) mass is 182 g/mol. The molecule has 0 heterocycles. The minimum absolute atomic E-state index is 0.0184. The molecule has 1 rings (SSSR count). The highest BCUT2D eigenvalue weighted by atomic mass is 19.1. The average Bonchev–Trinajstić information content (AvgIpc) is 2.08. The van der Waals surface area contributed by atoms with Gasteiger partial charge in [-0.05, 0) is 31.0 Å². The van der Waals surface area contributed by atoms with Crippen molar-refractivity contribution in [1.82, 2.24) is 0 Å². The van der Waals surface area contributed by atoms with E-state index in [-0.39, 0.29) is 11.7 Å². The number of rotatable bonds is 2. The molecule has 1 aromatic rings. The normalized spacial score (nSPS) is 15.5. The fourth-order valence-electron chi connectivity index (χ4n) is 1.17. The first-order valence-electron chi connectivity index (χ1n) is 4.46. The van der Waals surface area contributed by atoms with E-state index in [4.69, 9.17) is 0 Å². The predicted octanol–water partition coefficient (Wildman–Crippen LogP) is 2.62. The standard InChI is InChI=1S/C11H15FO/c1-7-4-5-10(6-11(7)12)8(2)9(3)13/h4-6,8-9,13H,1-3H3. The maximum absolute atomic E-state index is 13.1. The molecule has 0 aliphatic heterocycles. The zero-order valence-electron chi connectivity index (χ0n) is 8.21. The predicted molar refractivity (Wildman–Crippen MR) is 51.2 cm³/mol. The highest BCUT2D eigenvalue weighted by Crippen LogP contribution is 2.20. The van der Waals surface area contributed by atoms with E-state index >= 15 is 0 Å². The second-order valence-corrected chi connectivity index (χ2v) is 3.54. The first-order chi connectivity index (χ1) is 6.02. The molecule has 1 nitrogen and oxygen atoms in total. The van der Waals surface area contributed by atoms with Gasteiger partial charge in [-0.2, -0.15) is 0 Å². The van der Waals surface area contributed by atoms with Crippen LogP contribution in [0.2, 0.25) is 0 Å². The van der Waals surface area contributed by atoms with Crippen LogP contribution in [0, 0.1) is 12.7 Å². The average molecular weight is 182 g/mol. The van der Waals surface area contributed by atoms with Gasteiger partial charge in [-0.3, -0.25) is 0 Å². The Morgan fingerprint density at radius 2 is 1.92 bits per heavy atom. The first-order valence-corrected chi connectivity index (χ1v) is 4.46. The Labute approximate surface area is 78.2 Å². The highest BCUT2D eigenvalue weighted by Gasteiger charge is 2.12. The van der Waals surface area contributed by atoms with E-state index < -0.39 is 6.10 Å². The van der Waals surface area contributed by atoms with Crippen LogP contribution < -0.4 is 0 Å². The molecule has 0 spiro atoms. The number of halogens is 1. The van der Waals surface area contributed by atoms with Gasteiger partial charge in [0.2, 0.25) is 0 Å². The van der Waals surface area contributed by atoms with Gasteiger partial charge in [-0.1, -0.05) is 19.1 Å². The summed E-state index contributed by atoms with van der Waals surface area (Å²) in [4.78, 5) is 0. The van der Waals surface area contributed by atoms with Gasteiger partial charge in [0.1, 0.15) is 5.82 Å². The van der Waals surface area contributed by atoms with Crippen molar-refractivity contribution >= 4 is 0 Å². The van der Waals surface area contributed by atoms with Crippen LogP contribution >= 0.6 is 0 Å². The molecule has 2 unspecified atom stereocenters. The number of hydrogen-bond donors (Lipinski definition) is 1. The molecule has 13 heavy (non-hydrogen) atoms. The molecule has 0 amide bonds. The molecular formula is C11H15FO. The lowest BCUT2D eigenvalue weighted by molar-refractivity contribution is 0.169. The van der Waals surface area contributed by atoms with Crippen molar-refractivity contribution in [2.75, 3.05) is 0 Å². The zero-order valence-corrected chi connectivity index (χ0v) is 8.21. The van der Waals surface area contributed by atoms with Crippen LogP contribution in [0.1, 0.15) is 30.9 Å². The number of hydrogen-bond acceptors (Lipinski definition) is 1. The van der Waals surface area contributed by atoms with Crippen molar-refractivity contribution in [3.05, 3.63) is 35.1 Å². The Kier molecular flexibility index (Phi) is 3.04. The van der Waals surface area contributed by atoms with Gasteiger partial charge in [0, 0.05) is 5.92 Å². The molecule has 2 atom stereocenters. The van der Waals surface area contributed by atoms with Gasteiger partial charge in [-0.15, -0.1) is 0 Å². The molecule has 1 N–H and O–H groups in total. The molecule has 0 saturated heterocycles. The minimum Gasteiger partial charge on any atom is -0.393 e. The van der Waals surface area contributed by atoms with E-state index in [0.717, 1.165) is 5.56 Å². The number of aliphatic hydroxyl groups excluding tert-OH is 1. The summed E-state index contributed by atoms with van der Waals surface area (Å²) in [6.07, 6.45) is -0.442. The number of aliphatic hydroxyl groups is 1. The Hall–Kier alpha value is -0.890. The summed E-state index contributed by atoms with van der Waals surface area (Å²) >= 11 is 0. The quantitative estimate of drug-likeness (QED) is 0.745. The van der Waals surface area contributed by atoms with Gasteiger partial charge in [0.05, 0.1) is 6.10 Å². The van der Waals surface area contributed by atoms with Crippen LogP contribution in [0.15, 0.2) is 18.2 Å². The summed E-state index contributed by atoms with van der Waals surface area (Å²) in [5.41, 5.74) is 1.49. The summed E-state index contributed by atoms with van der Waals surface area (Å²) in [5.74, 6) is -0.222. The summed E-state index contributed by atoms with van der Waals surface area (Å²) < 4.78 is 13.1. The molecule has 0 aromatic heterocycles. The lowest BCUT2D eigenvalue weighted by Crippen LogP contribution is -2.11. The SMILES string of the molecule is Cc1ccc(C(C)C(C)O)cc1F. The van der Waals surface area contributed by atoms with Crippen LogP contribution in [-0.4, -0.2) is 11.2 Å². The van der Waals surface area contributed by atoms with Crippen LogP contribution in [0.5, 0.6) is 0 Å². The fourth-order valence-corrected chi connectivity index (χ4v) is 1.17. The third-order valence-electron chi connectivity index (χ3n) is 2.45. The maximum Gasteiger partial charge on any atom is 0.126 e. The molecule has 72 valence electrons. The van der Waals surface area contributed by atoms with Crippen molar-refractivity contribution in [1.29, 1.82) is 0 Å². The van der Waals surface area contributed by atoms with E-state index in [2.05, 4.69) is 0 Å². The molecule has 0 aliphatic rings. The summed E-state index contributed by atoms with van der Waals surface area (Å²) in [5, 5.41) is 9.31. The van der Waals surface area contributed by atoms with E-state index in [1.165, 1.54) is 6.07 Å². The topological polar surface area (TPSA) is 20.2 Å². The van der Waals surface area contributed by atoms with Crippen LogP contribution in [0.3, 0.4) is 0 Å². The Morgan fingerprint density at radius 3 is 2.38 bits per heavy atom. The second kappa shape index (κ2) is 3.88. The fraction of sp³-hybridized carbons (Fsp3) is 0.455. The Bertz CT molecular complexity index is 294. The molecule has 0 saturated carbocycles. The molecular weight excluding hydrogens is 167 g/mol. The first kappa shape index (κ1) is 10.2. The van der Waals surface area contributed by atoms with Gasteiger partial charge in [0.15, 0.2) is 0 Å².